The number of anilines is 1. The highest BCUT2D eigenvalue weighted by Crippen LogP contribution is 2.44. The third-order valence-electron chi connectivity index (χ3n) is 5.74. The second kappa shape index (κ2) is 8.26. The van der Waals surface area contributed by atoms with Crippen LogP contribution in [-0.2, 0) is 0 Å². The van der Waals surface area contributed by atoms with E-state index in [2.05, 4.69) is 0 Å². The lowest BCUT2D eigenvalue weighted by atomic mass is 10.0. The Morgan fingerprint density at radius 3 is 2.71 bits per heavy atom. The number of nitrogens with two attached hydrogens (primary N) is 1. The number of alkyl halides is 1. The van der Waals surface area contributed by atoms with Crippen LogP contribution in [0, 0.1) is 5.82 Å². The summed E-state index contributed by atoms with van der Waals surface area (Å²) in [5.41, 5.74) is 4.52. The van der Waals surface area contributed by atoms with Crippen molar-refractivity contribution in [2.45, 2.75) is 31.7 Å². The zero-order valence-electron chi connectivity index (χ0n) is 16.7. The largest absolute Gasteiger partial charge is 0.477 e. The van der Waals surface area contributed by atoms with Crippen molar-refractivity contribution in [1.29, 1.82) is 0 Å². The van der Waals surface area contributed by atoms with Crippen LogP contribution in [-0.4, -0.2) is 42.1 Å². The molecule has 0 radical (unpaired) electrons. The molecule has 1 aromatic carbocycles. The van der Waals surface area contributed by atoms with E-state index < -0.39 is 35.5 Å². The van der Waals surface area contributed by atoms with Crippen molar-refractivity contribution in [2.75, 3.05) is 31.4 Å². The van der Waals surface area contributed by atoms with Crippen LogP contribution in [0.3, 0.4) is 0 Å². The minimum absolute atomic E-state index is 0.0506. The number of hydrogen-bond donors (Lipinski definition) is 2. The van der Waals surface area contributed by atoms with Crippen LogP contribution < -0.4 is 20.8 Å². The summed E-state index contributed by atoms with van der Waals surface area (Å²) in [7, 11) is 0. The third kappa shape index (κ3) is 3.76. The summed E-state index contributed by atoms with van der Waals surface area (Å²) in [6.45, 7) is -1.13. The Bertz CT molecular complexity index is 1140. The Labute approximate surface area is 175 Å². The van der Waals surface area contributed by atoms with E-state index >= 15 is 4.39 Å². The Morgan fingerprint density at radius 2 is 2.10 bits per heavy atom. The van der Waals surface area contributed by atoms with E-state index in [1.807, 2.05) is 0 Å². The van der Waals surface area contributed by atoms with Gasteiger partial charge in [-0.25, -0.2) is 18.0 Å². The SMILES string of the molecule is NC/C(F)=C1/CCCN(c2c(F)cc3c(=O)c(C(=O)O)cn(C4CC4)c3c2OCF)C1. The van der Waals surface area contributed by atoms with Gasteiger partial charge < -0.3 is 25.0 Å². The van der Waals surface area contributed by atoms with Crippen molar-refractivity contribution < 1.29 is 27.8 Å². The van der Waals surface area contributed by atoms with Crippen LogP contribution in [0.25, 0.3) is 10.9 Å². The molecule has 1 saturated carbocycles. The van der Waals surface area contributed by atoms with Crippen LogP contribution in [0.2, 0.25) is 0 Å². The molecular formula is C21H22F3N3O4. The maximum Gasteiger partial charge on any atom is 0.341 e. The van der Waals surface area contributed by atoms with Crippen LogP contribution >= 0.6 is 0 Å². The molecule has 3 N–H and O–H groups in total. The fourth-order valence-corrected chi connectivity index (χ4v) is 4.15. The van der Waals surface area contributed by atoms with E-state index in [1.165, 1.54) is 6.20 Å². The first-order valence-electron chi connectivity index (χ1n) is 10.0. The van der Waals surface area contributed by atoms with Crippen molar-refractivity contribution in [3.8, 4) is 5.75 Å². The molecule has 2 aromatic rings. The highest BCUT2D eigenvalue weighted by Gasteiger charge is 2.32. The Hall–Kier alpha value is -3.01. The van der Waals surface area contributed by atoms with E-state index in [-0.39, 0.29) is 41.5 Å². The van der Waals surface area contributed by atoms with Crippen molar-refractivity contribution in [3.63, 3.8) is 0 Å². The number of halogens is 3. The van der Waals surface area contributed by atoms with E-state index in [9.17, 15) is 23.5 Å². The lowest BCUT2D eigenvalue weighted by molar-refractivity contribution is 0.0694. The van der Waals surface area contributed by atoms with Crippen molar-refractivity contribution in [2.24, 2.45) is 5.73 Å². The Balaban J connectivity index is 1.99. The molecule has 7 nitrogen and oxygen atoms in total. The molecule has 1 saturated heterocycles. The number of rotatable bonds is 6. The number of carboxylic acid groups (broad SMARTS) is 1. The number of carboxylic acids is 1. The maximum atomic E-state index is 15.3. The topological polar surface area (TPSA) is 97.8 Å². The molecule has 10 heteroatoms. The predicted octanol–water partition coefficient (Wildman–Crippen LogP) is 3.26. The number of benzene rings is 1. The fraction of sp³-hybridized carbons (Fsp3) is 0.429. The molecule has 0 amide bonds. The Morgan fingerprint density at radius 1 is 1.35 bits per heavy atom. The predicted molar refractivity (Wildman–Crippen MR) is 109 cm³/mol. The molecule has 1 aliphatic carbocycles. The van der Waals surface area contributed by atoms with Gasteiger partial charge in [0, 0.05) is 31.9 Å². The van der Waals surface area contributed by atoms with Gasteiger partial charge in [0.05, 0.1) is 10.9 Å². The second-order valence-electron chi connectivity index (χ2n) is 7.74. The number of aromatic carboxylic acids is 1. The van der Waals surface area contributed by atoms with Gasteiger partial charge in [0.25, 0.3) is 0 Å². The second-order valence-corrected chi connectivity index (χ2v) is 7.74. The minimum Gasteiger partial charge on any atom is -0.477 e. The summed E-state index contributed by atoms with van der Waals surface area (Å²) in [6.07, 6.45) is 3.67. The average Bonchev–Trinajstić information content (AvgIpc) is 3.59. The van der Waals surface area contributed by atoms with Gasteiger partial charge in [0.2, 0.25) is 12.3 Å². The molecule has 0 atom stereocenters. The van der Waals surface area contributed by atoms with E-state index in [0.29, 0.717) is 25.0 Å². The van der Waals surface area contributed by atoms with Gasteiger partial charge >= 0.3 is 5.97 Å². The number of aromatic nitrogens is 1. The molecule has 2 heterocycles. The van der Waals surface area contributed by atoms with Gasteiger partial charge in [-0.05, 0) is 37.3 Å². The van der Waals surface area contributed by atoms with Crippen LogP contribution in [0.4, 0.5) is 18.9 Å². The average molecular weight is 437 g/mol. The monoisotopic (exact) mass is 437 g/mol. The van der Waals surface area contributed by atoms with Gasteiger partial charge in [-0.2, -0.15) is 0 Å². The number of carbonyl (C=O) groups is 1. The molecule has 0 spiro atoms. The first kappa shape index (κ1) is 21.2. The summed E-state index contributed by atoms with van der Waals surface area (Å²) < 4.78 is 49.5. The van der Waals surface area contributed by atoms with Crippen molar-refractivity contribution >= 4 is 22.6 Å². The Kier molecular flexibility index (Phi) is 5.65. The van der Waals surface area contributed by atoms with E-state index in [0.717, 1.165) is 18.9 Å². The smallest absolute Gasteiger partial charge is 0.341 e. The van der Waals surface area contributed by atoms with Crippen molar-refractivity contribution in [3.05, 3.63) is 45.3 Å². The molecule has 2 fully saturated rings. The number of hydrogen-bond acceptors (Lipinski definition) is 5. The molecular weight excluding hydrogens is 415 g/mol. The summed E-state index contributed by atoms with van der Waals surface area (Å²) in [5.74, 6) is -2.96. The van der Waals surface area contributed by atoms with E-state index in [4.69, 9.17) is 10.5 Å². The first-order valence-corrected chi connectivity index (χ1v) is 10.0. The van der Waals surface area contributed by atoms with Gasteiger partial charge in [-0.3, -0.25) is 4.79 Å². The third-order valence-corrected chi connectivity index (χ3v) is 5.74. The summed E-state index contributed by atoms with van der Waals surface area (Å²) in [4.78, 5) is 25.8. The maximum absolute atomic E-state index is 15.3. The van der Waals surface area contributed by atoms with Crippen LogP contribution in [0.5, 0.6) is 5.75 Å². The number of piperidine rings is 1. The van der Waals surface area contributed by atoms with Crippen molar-refractivity contribution in [1.82, 2.24) is 4.57 Å². The van der Waals surface area contributed by atoms with Gasteiger partial charge in [0.15, 0.2) is 11.6 Å². The van der Waals surface area contributed by atoms with Crippen LogP contribution in [0.15, 0.2) is 28.5 Å². The molecule has 1 aliphatic heterocycles. The number of ether oxygens (including phenoxy) is 1. The van der Waals surface area contributed by atoms with Gasteiger partial charge in [-0.15, -0.1) is 0 Å². The molecule has 166 valence electrons. The standard InChI is InChI=1S/C21H22F3N3O4/c22-10-31-20-17-13(19(28)14(21(29)30)9-27(17)12-3-4-12)6-15(23)18(20)26-5-1-2-11(8-26)16(24)7-25/h6,9,12H,1-5,7-8,10,25H2,(H,29,30)/b16-11+. The van der Waals surface area contributed by atoms with Gasteiger partial charge in [0.1, 0.15) is 17.1 Å². The molecule has 1 aromatic heterocycles. The zero-order chi connectivity index (χ0) is 22.3. The molecule has 0 bridgehead atoms. The molecule has 31 heavy (non-hydrogen) atoms. The first-order chi connectivity index (χ1) is 14.9. The molecule has 0 unspecified atom stereocenters. The summed E-state index contributed by atoms with van der Waals surface area (Å²) in [6, 6.07) is 0.855. The highest BCUT2D eigenvalue weighted by molar-refractivity contribution is 5.97. The summed E-state index contributed by atoms with van der Waals surface area (Å²) in [5, 5.41) is 9.20. The molecule has 2 aliphatic rings. The number of pyridine rings is 1. The minimum atomic E-state index is -1.43. The van der Waals surface area contributed by atoms with E-state index in [1.54, 1.807) is 9.47 Å². The normalized spacial score (nSPS) is 18.4. The number of nitrogens with zero attached hydrogens (tertiary/aromatic N) is 2. The lowest BCUT2D eigenvalue weighted by Crippen LogP contribution is -2.33. The molecule has 4 rings (SSSR count). The van der Waals surface area contributed by atoms with Gasteiger partial charge in [-0.1, -0.05) is 0 Å². The highest BCUT2D eigenvalue weighted by atomic mass is 19.1. The van der Waals surface area contributed by atoms with Crippen LogP contribution in [0.1, 0.15) is 42.1 Å². The number of fused-ring (bicyclic) bond motifs is 1. The summed E-state index contributed by atoms with van der Waals surface area (Å²) >= 11 is 0. The lowest BCUT2D eigenvalue weighted by Gasteiger charge is -2.33. The zero-order valence-corrected chi connectivity index (χ0v) is 16.7. The quantitative estimate of drug-likeness (QED) is 0.720. The fourth-order valence-electron chi connectivity index (χ4n) is 4.15.